The predicted molar refractivity (Wildman–Crippen MR) is 139 cm³/mol. The predicted octanol–water partition coefficient (Wildman–Crippen LogP) is 7.54. The average Bonchev–Trinajstić information content (AvgIpc) is 2.72. The van der Waals surface area contributed by atoms with Crippen LogP contribution in [0.1, 0.15) is 59.4 Å². The summed E-state index contributed by atoms with van der Waals surface area (Å²) >= 11 is 0. The van der Waals surface area contributed by atoms with Crippen molar-refractivity contribution in [3.05, 3.63) is 99.0 Å². The molecule has 0 aliphatic heterocycles. The molecule has 178 valence electrons. The molecule has 1 aromatic carbocycles. The van der Waals surface area contributed by atoms with Crippen molar-refractivity contribution < 1.29 is 13.9 Å². The van der Waals surface area contributed by atoms with E-state index in [2.05, 4.69) is 39.8 Å². The van der Waals surface area contributed by atoms with Crippen LogP contribution in [0.5, 0.6) is 5.75 Å². The molecule has 0 radical (unpaired) electrons. The van der Waals surface area contributed by atoms with Gasteiger partial charge in [-0.3, -0.25) is 0 Å². The van der Waals surface area contributed by atoms with Crippen LogP contribution in [0.4, 0.5) is 0 Å². The Balaban J connectivity index is 1.63. The molecule has 3 rings (SSSR count). The van der Waals surface area contributed by atoms with Crippen molar-refractivity contribution in [3.63, 3.8) is 0 Å². The van der Waals surface area contributed by atoms with E-state index in [1.165, 1.54) is 42.6 Å². The normalized spacial score (nSPS) is 17.2. The van der Waals surface area contributed by atoms with Gasteiger partial charge in [0.05, 0.1) is 0 Å². The van der Waals surface area contributed by atoms with E-state index in [4.69, 9.17) is 9.15 Å². The Morgan fingerprint density at radius 2 is 1.85 bits per heavy atom. The van der Waals surface area contributed by atoms with E-state index in [9.17, 15) is 9.59 Å². The molecule has 1 aliphatic rings. The fourth-order valence-electron chi connectivity index (χ4n) is 4.38. The molecule has 0 fully saturated rings. The first-order valence-corrected chi connectivity index (χ1v) is 11.7. The van der Waals surface area contributed by atoms with Crippen LogP contribution in [0.3, 0.4) is 0 Å². The van der Waals surface area contributed by atoms with Crippen LogP contribution in [0.2, 0.25) is 0 Å². The molecule has 0 spiro atoms. The monoisotopic (exact) mass is 458 g/mol. The average molecular weight is 459 g/mol. The number of benzene rings is 1. The van der Waals surface area contributed by atoms with Gasteiger partial charge in [0.15, 0.2) is 0 Å². The summed E-state index contributed by atoms with van der Waals surface area (Å²) in [5.41, 5.74) is 5.85. The molecule has 0 saturated heterocycles. The van der Waals surface area contributed by atoms with Gasteiger partial charge in [-0.25, -0.2) is 9.59 Å². The van der Waals surface area contributed by atoms with Crippen molar-refractivity contribution in [1.29, 1.82) is 0 Å². The number of hydrogen-bond acceptors (Lipinski definition) is 4. The molecule has 0 bridgehead atoms. The first-order valence-electron chi connectivity index (χ1n) is 11.7. The van der Waals surface area contributed by atoms with Gasteiger partial charge in [-0.1, -0.05) is 55.4 Å². The van der Waals surface area contributed by atoms with Gasteiger partial charge < -0.3 is 9.15 Å². The Labute approximate surface area is 202 Å². The fraction of sp³-hybridized carbons (Fsp3) is 0.333. The quantitative estimate of drug-likeness (QED) is 0.147. The summed E-state index contributed by atoms with van der Waals surface area (Å²) in [7, 11) is 0. The largest absolute Gasteiger partial charge is 0.423 e. The molecule has 1 aliphatic carbocycles. The smallest absolute Gasteiger partial charge is 0.336 e. The van der Waals surface area contributed by atoms with Crippen molar-refractivity contribution in [3.8, 4) is 5.75 Å². The van der Waals surface area contributed by atoms with Crippen LogP contribution in [0.15, 0.2) is 92.2 Å². The Morgan fingerprint density at radius 1 is 1.09 bits per heavy atom. The highest BCUT2D eigenvalue weighted by Gasteiger charge is 2.26. The van der Waals surface area contributed by atoms with Gasteiger partial charge in [0.1, 0.15) is 11.3 Å². The summed E-state index contributed by atoms with van der Waals surface area (Å²) in [5.74, 6) is -0.158. The topological polar surface area (TPSA) is 56.5 Å². The molecule has 1 heterocycles. The molecule has 4 nitrogen and oxygen atoms in total. The highest BCUT2D eigenvalue weighted by atomic mass is 16.5. The Hall–Kier alpha value is -3.40. The fourth-order valence-corrected chi connectivity index (χ4v) is 4.38. The van der Waals surface area contributed by atoms with Crippen LogP contribution < -0.4 is 10.4 Å². The number of rotatable bonds is 6. The number of carbonyl (C=O) groups excluding carboxylic acids is 1. The molecule has 0 unspecified atom stereocenters. The van der Waals surface area contributed by atoms with Crippen LogP contribution in [0.25, 0.3) is 11.0 Å². The zero-order chi connectivity index (χ0) is 24.9. The summed E-state index contributed by atoms with van der Waals surface area (Å²) in [6.07, 6.45) is 15.3. The van der Waals surface area contributed by atoms with E-state index < -0.39 is 11.6 Å². The number of esters is 1. The van der Waals surface area contributed by atoms with Gasteiger partial charge in [0.25, 0.3) is 0 Å². The zero-order valence-electron chi connectivity index (χ0n) is 21.0. The second kappa shape index (κ2) is 10.7. The number of fused-ring (bicyclic) bond motifs is 1. The lowest BCUT2D eigenvalue weighted by atomic mass is 9.72. The van der Waals surface area contributed by atoms with Crippen molar-refractivity contribution in [1.82, 2.24) is 0 Å². The molecule has 0 saturated carbocycles. The van der Waals surface area contributed by atoms with Crippen LogP contribution in [-0.4, -0.2) is 5.97 Å². The first-order chi connectivity index (χ1) is 16.0. The third kappa shape index (κ3) is 6.57. The van der Waals surface area contributed by atoms with Gasteiger partial charge in [-0.05, 0) is 81.2 Å². The van der Waals surface area contributed by atoms with E-state index in [1.54, 1.807) is 18.2 Å². The molecule has 34 heavy (non-hydrogen) atoms. The summed E-state index contributed by atoms with van der Waals surface area (Å²) in [5, 5.41) is 0.809. The van der Waals surface area contributed by atoms with E-state index in [0.29, 0.717) is 11.3 Å². The Morgan fingerprint density at radius 3 is 2.59 bits per heavy atom. The van der Waals surface area contributed by atoms with E-state index >= 15 is 0 Å². The number of ether oxygens (including phenoxy) is 1. The summed E-state index contributed by atoms with van der Waals surface area (Å²) in [6.45, 7) is 12.6. The maximum Gasteiger partial charge on any atom is 0.336 e. The van der Waals surface area contributed by atoms with Gasteiger partial charge in [-0.2, -0.15) is 0 Å². The second-order valence-corrected chi connectivity index (χ2v) is 9.75. The standard InChI is InChI=1S/C30H34O4/c1-20(12-15-26-22(3)11-8-16-30(26,5)6)9-7-10-21(2)17-28(31)33-24-13-14-25-23(4)18-29(32)34-27(25)19-24/h7,9-10,12-15,17-19H,8,11,16H2,1-6H3. The molecule has 1 aromatic heterocycles. The van der Waals surface area contributed by atoms with Crippen molar-refractivity contribution >= 4 is 16.9 Å². The van der Waals surface area contributed by atoms with Gasteiger partial charge in [0, 0.05) is 23.6 Å². The Kier molecular flexibility index (Phi) is 7.93. The molecule has 0 N–H and O–H groups in total. The minimum atomic E-state index is -0.487. The highest BCUT2D eigenvalue weighted by Crippen LogP contribution is 2.40. The molecule has 4 heteroatoms. The van der Waals surface area contributed by atoms with Crippen molar-refractivity contribution in [2.75, 3.05) is 0 Å². The maximum absolute atomic E-state index is 12.3. The summed E-state index contributed by atoms with van der Waals surface area (Å²) in [6, 6.07) is 6.46. The number of allylic oxidation sites excluding steroid dienone is 9. The van der Waals surface area contributed by atoms with Gasteiger partial charge in [0.2, 0.25) is 0 Å². The molecule has 0 atom stereocenters. The lowest BCUT2D eigenvalue weighted by Crippen LogP contribution is -2.19. The van der Waals surface area contributed by atoms with Gasteiger partial charge >= 0.3 is 11.6 Å². The molecular weight excluding hydrogens is 424 g/mol. The Bertz CT molecular complexity index is 1290. The molecule has 2 aromatic rings. The van der Waals surface area contributed by atoms with Crippen LogP contribution in [0, 0.1) is 12.3 Å². The first kappa shape index (κ1) is 25.2. The van der Waals surface area contributed by atoms with Crippen molar-refractivity contribution in [2.24, 2.45) is 5.41 Å². The summed E-state index contributed by atoms with van der Waals surface area (Å²) < 4.78 is 10.6. The minimum absolute atomic E-state index is 0.226. The lowest BCUT2D eigenvalue weighted by molar-refractivity contribution is -0.129. The lowest BCUT2D eigenvalue weighted by Gasteiger charge is -2.32. The van der Waals surface area contributed by atoms with Crippen molar-refractivity contribution in [2.45, 2.75) is 60.8 Å². The minimum Gasteiger partial charge on any atom is -0.423 e. The molecule has 0 amide bonds. The SMILES string of the molecule is CC(C=CC1=C(C)CCCC1(C)C)=CC=CC(C)=CC(=O)Oc1ccc2c(C)cc(=O)oc2c1. The number of aryl methyl sites for hydroxylation is 1. The van der Waals surface area contributed by atoms with E-state index in [1.807, 2.05) is 32.1 Å². The zero-order valence-corrected chi connectivity index (χ0v) is 21.0. The maximum atomic E-state index is 12.3. The second-order valence-electron chi connectivity index (χ2n) is 9.75. The van der Waals surface area contributed by atoms with Gasteiger partial charge in [-0.15, -0.1) is 0 Å². The van der Waals surface area contributed by atoms with E-state index in [0.717, 1.165) is 22.1 Å². The van der Waals surface area contributed by atoms with Crippen LogP contribution in [-0.2, 0) is 4.79 Å². The third-order valence-corrected chi connectivity index (χ3v) is 6.26. The number of carbonyl (C=O) groups is 1. The highest BCUT2D eigenvalue weighted by molar-refractivity contribution is 5.87. The number of hydrogen-bond donors (Lipinski definition) is 0. The third-order valence-electron chi connectivity index (χ3n) is 6.26. The van der Waals surface area contributed by atoms with Crippen LogP contribution >= 0.6 is 0 Å². The van der Waals surface area contributed by atoms with E-state index in [-0.39, 0.29) is 5.41 Å². The summed E-state index contributed by atoms with van der Waals surface area (Å²) in [4.78, 5) is 23.9. The molecular formula is C30H34O4.